The average Bonchev–Trinajstić information content (AvgIpc) is 2.63. The highest BCUT2D eigenvalue weighted by molar-refractivity contribution is 5.15. The largest absolute Gasteiger partial charge is 0.457 e. The number of halogens is 3. The maximum absolute atomic E-state index is 11.6. The Morgan fingerprint density at radius 1 is 0.840 bits per heavy atom. The van der Waals surface area contributed by atoms with Crippen molar-refractivity contribution in [2.45, 2.75) is 19.3 Å². The van der Waals surface area contributed by atoms with E-state index in [-0.39, 0.29) is 6.54 Å². The molecule has 0 aromatic heterocycles. The van der Waals surface area contributed by atoms with Crippen molar-refractivity contribution in [3.63, 3.8) is 0 Å². The molecular weight excluding hydrogens is 333 g/mol. The van der Waals surface area contributed by atoms with Crippen LogP contribution in [0.2, 0.25) is 0 Å². The molecule has 7 heteroatoms. The summed E-state index contributed by atoms with van der Waals surface area (Å²) in [5, 5.41) is 2.89. The van der Waals surface area contributed by atoms with E-state index in [1.807, 2.05) is 18.2 Å². The van der Waals surface area contributed by atoms with Gasteiger partial charge in [0.25, 0.3) is 0 Å². The molecule has 0 heterocycles. The number of benzene rings is 2. The smallest absolute Gasteiger partial charge is 0.278 e. The lowest BCUT2D eigenvalue weighted by atomic mass is 10.2. The third-order valence-electron chi connectivity index (χ3n) is 3.17. The van der Waals surface area contributed by atoms with Crippen LogP contribution in [0.1, 0.15) is 11.1 Å². The standard InChI is InChI=1S/C10H15NO2.C8H8F3N/c1-12-11(13-2)9-8-10-6-4-3-5-7-10;9-8(10,11)12-6-7-4-2-1-3-5-7/h3-7H,8-9H2,1-2H3;1-5,12H,6H2. The maximum Gasteiger partial charge on any atom is 0.457 e. The molecule has 25 heavy (non-hydrogen) atoms. The minimum Gasteiger partial charge on any atom is -0.278 e. The molecule has 0 amide bonds. The van der Waals surface area contributed by atoms with Crippen LogP contribution in [0.15, 0.2) is 60.7 Å². The van der Waals surface area contributed by atoms with E-state index in [9.17, 15) is 13.2 Å². The number of nitrogens with zero attached hydrogens (tertiary/aromatic N) is 1. The highest BCUT2D eigenvalue weighted by Gasteiger charge is 2.25. The summed E-state index contributed by atoms with van der Waals surface area (Å²) >= 11 is 0. The van der Waals surface area contributed by atoms with Crippen molar-refractivity contribution < 1.29 is 22.8 Å². The lowest BCUT2D eigenvalue weighted by molar-refractivity contribution is -0.341. The minimum atomic E-state index is -4.30. The molecule has 2 aromatic rings. The quantitative estimate of drug-likeness (QED) is 0.602. The van der Waals surface area contributed by atoms with Crippen molar-refractivity contribution in [1.29, 1.82) is 0 Å². The fraction of sp³-hybridized carbons (Fsp3) is 0.333. The van der Waals surface area contributed by atoms with Crippen LogP contribution < -0.4 is 5.32 Å². The average molecular weight is 356 g/mol. The van der Waals surface area contributed by atoms with Gasteiger partial charge >= 0.3 is 6.30 Å². The summed E-state index contributed by atoms with van der Waals surface area (Å²) in [5.74, 6) is 0. The van der Waals surface area contributed by atoms with E-state index in [1.165, 1.54) is 16.1 Å². The molecule has 0 saturated heterocycles. The van der Waals surface area contributed by atoms with Gasteiger partial charge in [0, 0.05) is 6.54 Å². The topological polar surface area (TPSA) is 33.7 Å². The van der Waals surface area contributed by atoms with E-state index in [0.717, 1.165) is 13.0 Å². The van der Waals surface area contributed by atoms with Gasteiger partial charge in [-0.15, -0.1) is 0 Å². The van der Waals surface area contributed by atoms with Gasteiger partial charge in [-0.05, 0) is 17.5 Å². The van der Waals surface area contributed by atoms with Crippen LogP contribution in [0, 0.1) is 0 Å². The molecule has 1 N–H and O–H groups in total. The lowest BCUT2D eigenvalue weighted by Crippen LogP contribution is -2.30. The highest BCUT2D eigenvalue weighted by atomic mass is 19.4. The third kappa shape index (κ3) is 10.5. The zero-order valence-corrected chi connectivity index (χ0v) is 14.3. The van der Waals surface area contributed by atoms with Crippen LogP contribution in [0.25, 0.3) is 0 Å². The molecule has 2 rings (SSSR count). The van der Waals surface area contributed by atoms with E-state index in [2.05, 4.69) is 12.1 Å². The summed E-state index contributed by atoms with van der Waals surface area (Å²) in [7, 11) is 3.18. The summed E-state index contributed by atoms with van der Waals surface area (Å²) in [6, 6.07) is 18.7. The van der Waals surface area contributed by atoms with E-state index >= 15 is 0 Å². The maximum atomic E-state index is 11.6. The van der Waals surface area contributed by atoms with Crippen molar-refractivity contribution >= 4 is 0 Å². The summed E-state index contributed by atoms with van der Waals surface area (Å²) in [6.07, 6.45) is -3.38. The van der Waals surface area contributed by atoms with Crippen molar-refractivity contribution in [2.24, 2.45) is 0 Å². The van der Waals surface area contributed by atoms with E-state index in [1.54, 1.807) is 44.6 Å². The predicted molar refractivity (Wildman–Crippen MR) is 90.2 cm³/mol. The van der Waals surface area contributed by atoms with E-state index in [0.29, 0.717) is 5.56 Å². The number of alkyl halides is 3. The molecule has 138 valence electrons. The predicted octanol–water partition coefficient (Wildman–Crippen LogP) is 3.95. The van der Waals surface area contributed by atoms with Crippen LogP contribution >= 0.6 is 0 Å². The van der Waals surface area contributed by atoms with Gasteiger partial charge in [-0.25, -0.2) is 5.32 Å². The Morgan fingerprint density at radius 3 is 1.76 bits per heavy atom. The zero-order valence-electron chi connectivity index (χ0n) is 14.3. The molecule has 0 aliphatic heterocycles. The Kier molecular flexibility index (Phi) is 9.79. The molecule has 0 saturated carbocycles. The second-order valence-electron chi connectivity index (χ2n) is 4.99. The Labute approximate surface area is 146 Å². The second-order valence-corrected chi connectivity index (χ2v) is 4.99. The Hall–Kier alpha value is -1.93. The lowest BCUT2D eigenvalue weighted by Gasteiger charge is -2.15. The molecule has 0 unspecified atom stereocenters. The van der Waals surface area contributed by atoms with E-state index in [4.69, 9.17) is 9.68 Å². The van der Waals surface area contributed by atoms with Gasteiger partial charge in [-0.3, -0.25) is 9.68 Å². The van der Waals surface area contributed by atoms with Crippen molar-refractivity contribution in [2.75, 3.05) is 20.8 Å². The van der Waals surface area contributed by atoms with Gasteiger partial charge in [0.1, 0.15) is 0 Å². The summed E-state index contributed by atoms with van der Waals surface area (Å²) in [4.78, 5) is 9.86. The first-order valence-corrected chi connectivity index (χ1v) is 7.70. The first-order valence-electron chi connectivity index (χ1n) is 7.70. The Balaban J connectivity index is 0.000000251. The highest BCUT2D eigenvalue weighted by Crippen LogP contribution is 2.10. The van der Waals surface area contributed by atoms with Gasteiger partial charge in [0.05, 0.1) is 20.8 Å². The SMILES string of the molecule is CON(CCc1ccccc1)OC.FC(F)(F)NCc1ccccc1. The minimum absolute atomic E-state index is 0.176. The fourth-order valence-corrected chi connectivity index (χ4v) is 1.92. The fourth-order valence-electron chi connectivity index (χ4n) is 1.92. The molecular formula is C18H23F3N2O2. The van der Waals surface area contributed by atoms with Crippen LogP contribution in [0.3, 0.4) is 0 Å². The van der Waals surface area contributed by atoms with Crippen LogP contribution in [0.5, 0.6) is 0 Å². The number of hydrogen-bond acceptors (Lipinski definition) is 4. The van der Waals surface area contributed by atoms with Crippen molar-refractivity contribution in [3.8, 4) is 0 Å². The number of nitrogens with one attached hydrogen (secondary N) is 1. The zero-order chi connectivity index (χ0) is 18.5. The summed E-state index contributed by atoms with van der Waals surface area (Å²) in [6.45, 7) is 0.557. The molecule has 0 spiro atoms. The Morgan fingerprint density at radius 2 is 1.32 bits per heavy atom. The van der Waals surface area contributed by atoms with Gasteiger partial charge in [-0.1, -0.05) is 65.9 Å². The Bertz CT molecular complexity index is 562. The number of hydrogen-bond donors (Lipinski definition) is 1. The molecule has 2 aromatic carbocycles. The van der Waals surface area contributed by atoms with Crippen molar-refractivity contribution in [3.05, 3.63) is 71.8 Å². The van der Waals surface area contributed by atoms with Gasteiger partial charge in [0.2, 0.25) is 0 Å². The summed E-state index contributed by atoms with van der Waals surface area (Å²) < 4.78 is 34.9. The molecule has 0 aliphatic rings. The molecule has 0 atom stereocenters. The monoisotopic (exact) mass is 356 g/mol. The van der Waals surface area contributed by atoms with Crippen LogP contribution in [-0.4, -0.2) is 32.3 Å². The number of hydroxylamine groups is 2. The molecule has 0 aliphatic carbocycles. The summed E-state index contributed by atoms with van der Waals surface area (Å²) in [5.41, 5.74) is 1.90. The molecule has 0 bridgehead atoms. The van der Waals surface area contributed by atoms with E-state index < -0.39 is 6.30 Å². The number of rotatable bonds is 7. The molecule has 0 radical (unpaired) electrons. The van der Waals surface area contributed by atoms with Crippen LogP contribution in [0.4, 0.5) is 13.2 Å². The normalized spacial score (nSPS) is 11.1. The molecule has 4 nitrogen and oxygen atoms in total. The first-order chi connectivity index (χ1) is 11.9. The first kappa shape index (κ1) is 21.1. The second kappa shape index (κ2) is 11.6. The molecule has 0 fully saturated rings. The van der Waals surface area contributed by atoms with Gasteiger partial charge in [-0.2, -0.15) is 13.2 Å². The van der Waals surface area contributed by atoms with Gasteiger partial charge in [0.15, 0.2) is 0 Å². The third-order valence-corrected chi connectivity index (χ3v) is 3.17. The van der Waals surface area contributed by atoms with Gasteiger partial charge < -0.3 is 0 Å². The van der Waals surface area contributed by atoms with Crippen LogP contribution in [-0.2, 0) is 22.6 Å². The van der Waals surface area contributed by atoms with Crippen molar-refractivity contribution in [1.82, 2.24) is 10.5 Å².